The number of likely N-dealkylation sites (N-methyl/N-ethyl adjacent to an activating group) is 1. The highest BCUT2D eigenvalue weighted by Crippen LogP contribution is 2.57. The number of nitrogens with one attached hydrogen (secondary N) is 1. The summed E-state index contributed by atoms with van der Waals surface area (Å²) in [6.45, 7) is 3.38. The third kappa shape index (κ3) is 2.86. The molecule has 4 bridgehead atoms. The first-order chi connectivity index (χ1) is 10.2. The summed E-state index contributed by atoms with van der Waals surface area (Å²) in [6, 6.07) is 5.23. The molecule has 5 rings (SSSR count). The maximum absolute atomic E-state index is 3.86. The third-order valence-corrected chi connectivity index (χ3v) is 7.93. The third-order valence-electron chi connectivity index (χ3n) is 6.28. The van der Waals surface area contributed by atoms with Gasteiger partial charge in [0.15, 0.2) is 0 Å². The van der Waals surface area contributed by atoms with Gasteiger partial charge < -0.3 is 5.32 Å². The molecule has 0 spiro atoms. The molecule has 116 valence electrons. The van der Waals surface area contributed by atoms with Gasteiger partial charge in [-0.05, 0) is 103 Å². The Morgan fingerprint density at radius 1 is 1.14 bits per heavy atom. The monoisotopic (exact) mass is 367 g/mol. The summed E-state index contributed by atoms with van der Waals surface area (Å²) in [5.41, 5.74) is 0. The second-order valence-corrected chi connectivity index (χ2v) is 10.1. The lowest BCUT2D eigenvalue weighted by Crippen LogP contribution is -2.53. The quantitative estimate of drug-likeness (QED) is 0.762. The molecule has 0 amide bonds. The summed E-state index contributed by atoms with van der Waals surface area (Å²) >= 11 is 5.54. The van der Waals surface area contributed by atoms with Gasteiger partial charge in [0, 0.05) is 10.9 Å². The summed E-state index contributed by atoms with van der Waals surface area (Å²) in [5, 5.41) is 3.86. The molecule has 4 fully saturated rings. The molecule has 1 aromatic heterocycles. The van der Waals surface area contributed by atoms with E-state index in [0.29, 0.717) is 6.04 Å². The molecule has 0 aromatic carbocycles. The number of hydrogen-bond donors (Lipinski definition) is 1. The van der Waals surface area contributed by atoms with E-state index in [-0.39, 0.29) is 0 Å². The van der Waals surface area contributed by atoms with E-state index in [1.54, 1.807) is 11.3 Å². The van der Waals surface area contributed by atoms with Gasteiger partial charge in [-0.1, -0.05) is 6.92 Å². The van der Waals surface area contributed by atoms with E-state index in [1.807, 2.05) is 11.3 Å². The molecule has 4 aliphatic carbocycles. The summed E-state index contributed by atoms with van der Waals surface area (Å²) in [4.78, 5) is 1.54. The van der Waals surface area contributed by atoms with Gasteiger partial charge >= 0.3 is 0 Å². The highest BCUT2D eigenvalue weighted by molar-refractivity contribution is 9.11. The molecule has 1 unspecified atom stereocenters. The Morgan fingerprint density at radius 2 is 1.81 bits per heavy atom. The average Bonchev–Trinajstić information content (AvgIpc) is 2.83. The van der Waals surface area contributed by atoms with Crippen molar-refractivity contribution >= 4 is 27.3 Å². The lowest BCUT2D eigenvalue weighted by molar-refractivity contribution is -0.0514. The minimum absolute atomic E-state index is 0.704. The van der Waals surface area contributed by atoms with Gasteiger partial charge in [0.1, 0.15) is 0 Å². The van der Waals surface area contributed by atoms with E-state index >= 15 is 0 Å². The van der Waals surface area contributed by atoms with Gasteiger partial charge in [-0.3, -0.25) is 0 Å². The van der Waals surface area contributed by atoms with Crippen LogP contribution in [0, 0.1) is 29.6 Å². The fourth-order valence-electron chi connectivity index (χ4n) is 5.91. The number of rotatable bonds is 5. The topological polar surface area (TPSA) is 12.0 Å². The van der Waals surface area contributed by atoms with Crippen LogP contribution >= 0.6 is 27.3 Å². The second kappa shape index (κ2) is 5.98. The van der Waals surface area contributed by atoms with Crippen LogP contribution in [-0.4, -0.2) is 12.6 Å². The zero-order valence-corrected chi connectivity index (χ0v) is 15.3. The summed E-state index contributed by atoms with van der Waals surface area (Å²) < 4.78 is 1.28. The molecule has 4 saturated carbocycles. The average molecular weight is 368 g/mol. The van der Waals surface area contributed by atoms with Crippen LogP contribution in [0.1, 0.15) is 43.9 Å². The van der Waals surface area contributed by atoms with Crippen LogP contribution < -0.4 is 5.32 Å². The van der Waals surface area contributed by atoms with Gasteiger partial charge in [-0.2, -0.15) is 0 Å². The van der Waals surface area contributed by atoms with Gasteiger partial charge in [0.25, 0.3) is 0 Å². The minimum atomic E-state index is 0.704. The first-order valence-electron chi connectivity index (χ1n) is 8.70. The predicted octanol–water partition coefficient (Wildman–Crippen LogP) is 5.10. The first-order valence-corrected chi connectivity index (χ1v) is 10.3. The van der Waals surface area contributed by atoms with Crippen LogP contribution in [0.15, 0.2) is 15.9 Å². The lowest BCUT2D eigenvalue weighted by atomic mass is 9.50. The number of halogens is 1. The van der Waals surface area contributed by atoms with Gasteiger partial charge in [-0.25, -0.2) is 0 Å². The zero-order chi connectivity index (χ0) is 14.4. The normalized spacial score (nSPS) is 38.9. The molecule has 21 heavy (non-hydrogen) atoms. The molecule has 1 atom stereocenters. The van der Waals surface area contributed by atoms with Gasteiger partial charge in [0.2, 0.25) is 0 Å². The Bertz CT molecular complexity index is 469. The van der Waals surface area contributed by atoms with E-state index in [9.17, 15) is 0 Å². The Morgan fingerprint density at radius 3 is 2.33 bits per heavy atom. The van der Waals surface area contributed by atoms with Gasteiger partial charge in [0.05, 0.1) is 3.79 Å². The van der Waals surface area contributed by atoms with Crippen molar-refractivity contribution in [3.63, 3.8) is 0 Å². The van der Waals surface area contributed by atoms with Crippen LogP contribution in [-0.2, 0) is 6.42 Å². The van der Waals surface area contributed by atoms with Crippen molar-refractivity contribution in [2.75, 3.05) is 6.54 Å². The van der Waals surface area contributed by atoms with Crippen LogP contribution in [0.3, 0.4) is 0 Å². The van der Waals surface area contributed by atoms with Crippen molar-refractivity contribution < 1.29 is 0 Å². The Kier molecular flexibility index (Phi) is 4.19. The van der Waals surface area contributed by atoms with Crippen LogP contribution in [0.5, 0.6) is 0 Å². The number of thiophene rings is 1. The Balaban J connectivity index is 1.53. The Labute approximate surface area is 141 Å². The SMILES string of the molecule is CCNC(Cc1ccc(Br)s1)C1C2CC3CC(C2)CC1C3. The van der Waals surface area contributed by atoms with Crippen LogP contribution in [0.25, 0.3) is 0 Å². The summed E-state index contributed by atoms with van der Waals surface area (Å²) in [5.74, 6) is 5.16. The second-order valence-electron chi connectivity index (χ2n) is 7.58. The van der Waals surface area contributed by atoms with Gasteiger partial charge in [-0.15, -0.1) is 11.3 Å². The largest absolute Gasteiger partial charge is 0.314 e. The molecule has 1 aromatic rings. The Hall–Kier alpha value is 0.140. The smallest absolute Gasteiger partial charge is 0.0701 e. The molecule has 0 radical (unpaired) electrons. The van der Waals surface area contributed by atoms with Crippen molar-refractivity contribution in [1.82, 2.24) is 5.32 Å². The molecule has 0 aliphatic heterocycles. The first kappa shape index (κ1) is 14.7. The van der Waals surface area contributed by atoms with E-state index < -0.39 is 0 Å². The van der Waals surface area contributed by atoms with Crippen molar-refractivity contribution in [1.29, 1.82) is 0 Å². The maximum Gasteiger partial charge on any atom is 0.0701 e. The molecule has 4 aliphatic rings. The van der Waals surface area contributed by atoms with Crippen molar-refractivity contribution in [2.24, 2.45) is 29.6 Å². The van der Waals surface area contributed by atoms with E-state index in [1.165, 1.54) is 35.9 Å². The standard InChI is InChI=1S/C18H26BrNS/c1-2-20-16(10-15-3-4-17(19)21-15)18-13-6-11-5-12(8-13)9-14(18)7-11/h3-4,11-14,16,18,20H,2,5-10H2,1H3. The van der Waals surface area contributed by atoms with E-state index in [0.717, 1.165) is 36.1 Å². The summed E-state index contributed by atoms with van der Waals surface area (Å²) in [7, 11) is 0. The molecular weight excluding hydrogens is 342 g/mol. The minimum Gasteiger partial charge on any atom is -0.314 e. The van der Waals surface area contributed by atoms with E-state index in [2.05, 4.69) is 40.3 Å². The molecule has 3 heteroatoms. The highest BCUT2D eigenvalue weighted by Gasteiger charge is 2.50. The van der Waals surface area contributed by atoms with Crippen molar-refractivity contribution in [3.05, 3.63) is 20.8 Å². The van der Waals surface area contributed by atoms with Crippen LogP contribution in [0.2, 0.25) is 0 Å². The predicted molar refractivity (Wildman–Crippen MR) is 93.7 cm³/mol. The van der Waals surface area contributed by atoms with Crippen molar-refractivity contribution in [2.45, 2.75) is 51.5 Å². The lowest BCUT2D eigenvalue weighted by Gasteiger charge is -2.56. The molecule has 0 saturated heterocycles. The van der Waals surface area contributed by atoms with E-state index in [4.69, 9.17) is 0 Å². The fraction of sp³-hybridized carbons (Fsp3) is 0.778. The number of hydrogen-bond acceptors (Lipinski definition) is 2. The zero-order valence-electron chi connectivity index (χ0n) is 12.9. The molecular formula is C18H26BrNS. The van der Waals surface area contributed by atoms with Crippen LogP contribution in [0.4, 0.5) is 0 Å². The molecule has 1 N–H and O–H groups in total. The molecule has 1 heterocycles. The van der Waals surface area contributed by atoms with Crippen molar-refractivity contribution in [3.8, 4) is 0 Å². The maximum atomic E-state index is 3.86. The fourth-order valence-corrected chi connectivity index (χ4v) is 7.45. The molecule has 1 nitrogen and oxygen atoms in total. The highest BCUT2D eigenvalue weighted by atomic mass is 79.9. The summed E-state index contributed by atoms with van der Waals surface area (Å²) in [6.07, 6.45) is 8.93.